The van der Waals surface area contributed by atoms with Crippen molar-refractivity contribution in [2.24, 2.45) is 5.92 Å². The molecule has 1 aromatic heterocycles. The maximum atomic E-state index is 11.4. The summed E-state index contributed by atoms with van der Waals surface area (Å²) in [6, 6.07) is 1.79. The van der Waals surface area contributed by atoms with Gasteiger partial charge in [-0.05, 0) is 30.5 Å². The molecule has 0 radical (unpaired) electrons. The Kier molecular flexibility index (Phi) is 2.92. The number of pyridine rings is 1. The van der Waals surface area contributed by atoms with Crippen LogP contribution in [0.15, 0.2) is 24.5 Å². The van der Waals surface area contributed by atoms with E-state index < -0.39 is 0 Å². The summed E-state index contributed by atoms with van der Waals surface area (Å²) < 4.78 is 0. The lowest BCUT2D eigenvalue weighted by Crippen LogP contribution is -1.95. The molecule has 15 heavy (non-hydrogen) atoms. The van der Waals surface area contributed by atoms with Crippen molar-refractivity contribution in [3.63, 3.8) is 0 Å². The fourth-order valence-electron chi connectivity index (χ4n) is 1.41. The number of allylic oxidation sites excluding steroid dienone is 1. The van der Waals surface area contributed by atoms with Crippen LogP contribution in [-0.4, -0.2) is 15.9 Å². The number of carbonyl (C=O) groups is 1. The van der Waals surface area contributed by atoms with Crippen LogP contribution in [0.2, 0.25) is 0 Å². The number of aliphatic hydroxyl groups excluding tert-OH is 1. The molecule has 0 unspecified atom stereocenters. The lowest BCUT2D eigenvalue weighted by molar-refractivity contribution is -0.115. The molecule has 0 bridgehead atoms. The number of aromatic nitrogens is 1. The molecule has 1 fully saturated rings. The third kappa shape index (κ3) is 2.50. The Labute approximate surface area is 88.5 Å². The molecule has 1 N–H and O–H groups in total. The number of hydrogen-bond acceptors (Lipinski definition) is 3. The van der Waals surface area contributed by atoms with Crippen molar-refractivity contribution in [2.75, 3.05) is 0 Å². The molecule has 0 spiro atoms. The lowest BCUT2D eigenvalue weighted by Gasteiger charge is -2.00. The quantitative estimate of drug-likeness (QED) is 0.755. The van der Waals surface area contributed by atoms with Crippen molar-refractivity contribution in [1.82, 2.24) is 4.98 Å². The summed E-state index contributed by atoms with van der Waals surface area (Å²) in [6.07, 6.45) is 8.67. The number of carbonyl (C=O) groups excluding carboxylic acids is 1. The average Bonchev–Trinajstić information content (AvgIpc) is 3.10. The van der Waals surface area contributed by atoms with E-state index in [4.69, 9.17) is 5.11 Å². The van der Waals surface area contributed by atoms with Crippen molar-refractivity contribution >= 4 is 11.9 Å². The van der Waals surface area contributed by atoms with Gasteiger partial charge in [-0.3, -0.25) is 9.78 Å². The molecule has 1 aliphatic rings. The summed E-state index contributed by atoms with van der Waals surface area (Å²) in [6.45, 7) is -0.0505. The van der Waals surface area contributed by atoms with Crippen molar-refractivity contribution in [3.05, 3.63) is 35.7 Å². The number of rotatable bonds is 4. The van der Waals surface area contributed by atoms with Crippen LogP contribution in [-0.2, 0) is 11.4 Å². The smallest absolute Gasteiger partial charge is 0.158 e. The van der Waals surface area contributed by atoms with E-state index in [1.54, 1.807) is 30.6 Å². The van der Waals surface area contributed by atoms with Crippen molar-refractivity contribution in [2.45, 2.75) is 19.4 Å². The van der Waals surface area contributed by atoms with Gasteiger partial charge in [-0.2, -0.15) is 0 Å². The number of hydrogen-bond donors (Lipinski definition) is 1. The minimum atomic E-state index is -0.0505. The third-order valence-electron chi connectivity index (χ3n) is 2.52. The van der Waals surface area contributed by atoms with Gasteiger partial charge < -0.3 is 5.11 Å². The zero-order valence-electron chi connectivity index (χ0n) is 8.39. The maximum Gasteiger partial charge on any atom is 0.158 e. The second kappa shape index (κ2) is 4.36. The molecular formula is C12H13NO2. The Bertz CT molecular complexity index is 394. The van der Waals surface area contributed by atoms with E-state index in [1.807, 2.05) is 0 Å². The molecule has 1 aromatic rings. The van der Waals surface area contributed by atoms with Gasteiger partial charge in [0.05, 0.1) is 6.61 Å². The Morgan fingerprint density at radius 1 is 1.60 bits per heavy atom. The van der Waals surface area contributed by atoms with Crippen LogP contribution < -0.4 is 0 Å². The first-order valence-corrected chi connectivity index (χ1v) is 5.07. The van der Waals surface area contributed by atoms with Crippen LogP contribution in [0.3, 0.4) is 0 Å². The largest absolute Gasteiger partial charge is 0.392 e. The summed E-state index contributed by atoms with van der Waals surface area (Å²) in [5.74, 6) is 0.441. The molecule has 3 nitrogen and oxygen atoms in total. The van der Waals surface area contributed by atoms with E-state index in [0.717, 1.165) is 24.0 Å². The van der Waals surface area contributed by atoms with Crippen LogP contribution in [0, 0.1) is 5.92 Å². The second-order valence-corrected chi connectivity index (χ2v) is 3.74. The van der Waals surface area contributed by atoms with Gasteiger partial charge >= 0.3 is 0 Å². The Balaban J connectivity index is 2.11. The molecule has 0 aromatic carbocycles. The highest BCUT2D eigenvalue weighted by Crippen LogP contribution is 2.30. The highest BCUT2D eigenvalue weighted by atomic mass is 16.3. The van der Waals surface area contributed by atoms with Gasteiger partial charge in [0, 0.05) is 23.9 Å². The molecule has 1 saturated carbocycles. The van der Waals surface area contributed by atoms with Crippen LogP contribution in [0.4, 0.5) is 0 Å². The van der Waals surface area contributed by atoms with E-state index in [0.29, 0.717) is 0 Å². The van der Waals surface area contributed by atoms with E-state index in [1.165, 1.54) is 0 Å². The topological polar surface area (TPSA) is 50.2 Å². The summed E-state index contributed by atoms with van der Waals surface area (Å²) in [4.78, 5) is 15.3. The molecular weight excluding hydrogens is 190 g/mol. The first-order chi connectivity index (χ1) is 7.31. The summed E-state index contributed by atoms with van der Waals surface area (Å²) in [5, 5.41) is 9.05. The third-order valence-corrected chi connectivity index (χ3v) is 2.52. The molecule has 1 aliphatic carbocycles. The second-order valence-electron chi connectivity index (χ2n) is 3.74. The minimum Gasteiger partial charge on any atom is -0.392 e. The molecule has 0 aliphatic heterocycles. The predicted octanol–water partition coefficient (Wildman–Crippen LogP) is 1.57. The molecule has 3 heteroatoms. The van der Waals surface area contributed by atoms with Crippen molar-refractivity contribution in [1.29, 1.82) is 0 Å². The van der Waals surface area contributed by atoms with Gasteiger partial charge in [0.15, 0.2) is 5.78 Å². The van der Waals surface area contributed by atoms with E-state index >= 15 is 0 Å². The summed E-state index contributed by atoms with van der Waals surface area (Å²) in [5.41, 5.74) is 1.61. The molecule has 0 amide bonds. The number of aliphatic hydroxyl groups is 1. The van der Waals surface area contributed by atoms with Gasteiger partial charge in [0.2, 0.25) is 0 Å². The standard InChI is InChI=1S/C12H13NO2/c14-8-11-7-13-6-5-9(11)3-4-12(15)10-1-2-10/h3-7,10,14H,1-2,8H2/b4-3+. The average molecular weight is 203 g/mol. The predicted molar refractivity (Wildman–Crippen MR) is 56.9 cm³/mol. The van der Waals surface area contributed by atoms with Gasteiger partial charge in [0.25, 0.3) is 0 Å². The van der Waals surface area contributed by atoms with Gasteiger partial charge in [-0.15, -0.1) is 0 Å². The molecule has 0 atom stereocenters. The minimum absolute atomic E-state index is 0.0505. The highest BCUT2D eigenvalue weighted by Gasteiger charge is 2.27. The van der Waals surface area contributed by atoms with Gasteiger partial charge in [-0.25, -0.2) is 0 Å². The van der Waals surface area contributed by atoms with E-state index in [9.17, 15) is 4.79 Å². The maximum absolute atomic E-state index is 11.4. The van der Waals surface area contributed by atoms with E-state index in [2.05, 4.69) is 4.98 Å². The Morgan fingerprint density at radius 3 is 3.07 bits per heavy atom. The van der Waals surface area contributed by atoms with Crippen LogP contribution in [0.25, 0.3) is 6.08 Å². The van der Waals surface area contributed by atoms with Gasteiger partial charge in [0.1, 0.15) is 0 Å². The first kappa shape index (κ1) is 10.1. The summed E-state index contributed by atoms with van der Waals surface area (Å²) in [7, 11) is 0. The number of ketones is 1. The fourth-order valence-corrected chi connectivity index (χ4v) is 1.41. The van der Waals surface area contributed by atoms with Crippen LogP contribution in [0.5, 0.6) is 0 Å². The highest BCUT2D eigenvalue weighted by molar-refractivity contribution is 5.96. The SMILES string of the molecule is O=C(/C=C/c1ccncc1CO)C1CC1. The zero-order chi connectivity index (χ0) is 10.7. The number of nitrogens with zero attached hydrogens (tertiary/aromatic N) is 1. The molecule has 1 heterocycles. The first-order valence-electron chi connectivity index (χ1n) is 5.07. The van der Waals surface area contributed by atoms with Crippen LogP contribution in [0.1, 0.15) is 24.0 Å². The fraction of sp³-hybridized carbons (Fsp3) is 0.333. The Morgan fingerprint density at radius 2 is 2.40 bits per heavy atom. The Hall–Kier alpha value is -1.48. The lowest BCUT2D eigenvalue weighted by atomic mass is 10.1. The summed E-state index contributed by atoms with van der Waals surface area (Å²) >= 11 is 0. The van der Waals surface area contributed by atoms with Crippen molar-refractivity contribution < 1.29 is 9.90 Å². The zero-order valence-corrected chi connectivity index (χ0v) is 8.39. The van der Waals surface area contributed by atoms with E-state index in [-0.39, 0.29) is 18.3 Å². The van der Waals surface area contributed by atoms with Gasteiger partial charge in [-0.1, -0.05) is 6.08 Å². The van der Waals surface area contributed by atoms with Crippen LogP contribution >= 0.6 is 0 Å². The molecule has 78 valence electrons. The van der Waals surface area contributed by atoms with Crippen molar-refractivity contribution in [3.8, 4) is 0 Å². The molecule has 2 rings (SSSR count). The molecule has 0 saturated heterocycles. The normalized spacial score (nSPS) is 15.8. The monoisotopic (exact) mass is 203 g/mol.